The number of halogens is 6. The van der Waals surface area contributed by atoms with Gasteiger partial charge < -0.3 is 32.9 Å². The Kier molecular flexibility index (Phi) is 43.0. The SMILES string of the molecule is O.O.O.O.O.O.[Cl][Pt]([Cl])([Cl])([Cl])([Cl])[Cl].[NaH]. The van der Waals surface area contributed by atoms with Crippen molar-refractivity contribution in [2.24, 2.45) is 0 Å². The third kappa shape index (κ3) is 301. The zero-order chi connectivity index (χ0) is 6.41. The van der Waals surface area contributed by atoms with E-state index in [0.717, 1.165) is 0 Å². The molecule has 0 rings (SSSR count). The summed E-state index contributed by atoms with van der Waals surface area (Å²) in [5.41, 5.74) is 0. The molecule has 0 spiro atoms. The van der Waals surface area contributed by atoms with E-state index in [4.69, 9.17) is 56.5 Å². The maximum atomic E-state index is 5.05. The van der Waals surface area contributed by atoms with Crippen LogP contribution in [0.3, 0.4) is 0 Å². The second kappa shape index (κ2) is 11.3. The van der Waals surface area contributed by atoms with E-state index in [2.05, 4.69) is 0 Å². The fourth-order valence-corrected chi connectivity index (χ4v) is 0. The van der Waals surface area contributed by atoms with E-state index in [9.17, 15) is 0 Å². The van der Waals surface area contributed by atoms with Crippen LogP contribution >= 0.6 is 56.5 Å². The van der Waals surface area contributed by atoms with Gasteiger partial charge in [-0.25, -0.2) is 0 Å². The molecule has 0 heterocycles. The molecule has 0 aliphatic rings. The molecule has 0 aromatic rings. The monoisotopic (exact) mass is 537 g/mol. The molecular formula is H13Cl6NaO6Pt. The van der Waals surface area contributed by atoms with Gasteiger partial charge in [0.25, 0.3) is 0 Å². The molecule has 14 heavy (non-hydrogen) atoms. The summed E-state index contributed by atoms with van der Waals surface area (Å²) in [6.07, 6.45) is 0. The van der Waals surface area contributed by atoms with Crippen LogP contribution in [0.15, 0.2) is 0 Å². The molecule has 102 valence electrons. The van der Waals surface area contributed by atoms with Gasteiger partial charge in [0, 0.05) is 0 Å². The minimum absolute atomic E-state index is 0. The zero-order valence-corrected chi connectivity index (χ0v) is 12.4. The van der Waals surface area contributed by atoms with Crippen LogP contribution in [-0.4, -0.2) is 62.4 Å². The Morgan fingerprint density at radius 1 is 0.429 bits per heavy atom. The van der Waals surface area contributed by atoms with Gasteiger partial charge in [-0.2, -0.15) is 0 Å². The van der Waals surface area contributed by atoms with Crippen molar-refractivity contribution in [1.82, 2.24) is 0 Å². The molecule has 0 unspecified atom stereocenters. The summed E-state index contributed by atoms with van der Waals surface area (Å²) in [6.45, 7) is 0. The molecule has 0 atom stereocenters. The van der Waals surface area contributed by atoms with Crippen LogP contribution in [0.1, 0.15) is 0 Å². The van der Waals surface area contributed by atoms with Crippen molar-refractivity contribution in [2.45, 2.75) is 0 Å². The van der Waals surface area contributed by atoms with E-state index >= 15 is 0 Å². The van der Waals surface area contributed by atoms with Crippen molar-refractivity contribution < 1.29 is 40.2 Å². The third-order valence-corrected chi connectivity index (χ3v) is 0. The van der Waals surface area contributed by atoms with Crippen LogP contribution in [0.25, 0.3) is 0 Å². The molecule has 14 heteroatoms. The van der Waals surface area contributed by atoms with Crippen molar-refractivity contribution in [2.75, 3.05) is 0 Å². The van der Waals surface area contributed by atoms with E-state index in [-0.39, 0.29) is 62.4 Å². The predicted molar refractivity (Wildman–Crippen MR) is 63.9 cm³/mol. The first-order valence-electron chi connectivity index (χ1n) is 0.717. The summed E-state index contributed by atoms with van der Waals surface area (Å²) < 4.78 is 0. The van der Waals surface area contributed by atoms with Gasteiger partial charge in [-0.05, 0) is 0 Å². The fraction of sp³-hybridized carbons (Fsp3) is 0. The first-order chi connectivity index (χ1) is 2.45. The van der Waals surface area contributed by atoms with Gasteiger partial charge in [0.15, 0.2) is 0 Å². The fourth-order valence-electron chi connectivity index (χ4n) is 0. The van der Waals surface area contributed by atoms with Crippen LogP contribution in [0.4, 0.5) is 0 Å². The van der Waals surface area contributed by atoms with Crippen molar-refractivity contribution in [3.05, 3.63) is 0 Å². The molecule has 0 amide bonds. The van der Waals surface area contributed by atoms with E-state index in [0.29, 0.717) is 0 Å². The molecule has 0 aliphatic heterocycles. The van der Waals surface area contributed by atoms with Gasteiger partial charge in [-0.15, -0.1) is 0 Å². The Labute approximate surface area is 124 Å². The van der Waals surface area contributed by atoms with Crippen LogP contribution in [0.5, 0.6) is 0 Å². The number of rotatable bonds is 0. The Balaban J connectivity index is -0.00000000857. The first-order valence-corrected chi connectivity index (χ1v) is 17.6. The summed E-state index contributed by atoms with van der Waals surface area (Å²) in [6, 6.07) is 0. The van der Waals surface area contributed by atoms with Crippen molar-refractivity contribution >= 4 is 86.1 Å². The quantitative estimate of drug-likeness (QED) is 0.325. The predicted octanol–water partition coefficient (Wildman–Crippen LogP) is -1.46. The van der Waals surface area contributed by atoms with Gasteiger partial charge in [-0.3, -0.25) is 0 Å². The Morgan fingerprint density at radius 3 is 0.429 bits per heavy atom. The summed E-state index contributed by atoms with van der Waals surface area (Å²) in [7, 11) is 25.0. The summed E-state index contributed by atoms with van der Waals surface area (Å²) >= 11 is 0. The topological polar surface area (TPSA) is 189 Å². The van der Waals surface area contributed by atoms with Crippen LogP contribution in [-0.2, 0) is 7.31 Å². The second-order valence-corrected chi connectivity index (χ2v) is 49.9. The molecule has 12 N–H and O–H groups in total. The normalized spacial score (nSPS) is 11.6. The first kappa shape index (κ1) is 53.4. The van der Waals surface area contributed by atoms with E-state index < -0.39 is 7.31 Å². The molecule has 6 nitrogen and oxygen atoms in total. The Bertz CT molecular complexity index is 80.9. The van der Waals surface area contributed by atoms with Gasteiger partial charge in [0.05, 0.1) is 0 Å². The van der Waals surface area contributed by atoms with Crippen LogP contribution in [0, 0.1) is 0 Å². The summed E-state index contributed by atoms with van der Waals surface area (Å²) in [4.78, 5) is 0. The summed E-state index contributed by atoms with van der Waals surface area (Å²) in [5, 5.41) is 0. The van der Waals surface area contributed by atoms with Crippen LogP contribution < -0.4 is 0 Å². The number of hydrogen-bond acceptors (Lipinski definition) is 0. The second-order valence-electron chi connectivity index (χ2n) is 0.678. The zero-order valence-electron chi connectivity index (χ0n) is 5.58. The number of hydrogen-bond donors (Lipinski definition) is 0. The van der Waals surface area contributed by atoms with Crippen molar-refractivity contribution in [3.8, 4) is 0 Å². The molecule has 0 saturated heterocycles. The van der Waals surface area contributed by atoms with Crippen molar-refractivity contribution in [3.63, 3.8) is 0 Å². The molecule has 0 aromatic carbocycles. The Hall–Kier alpha value is 3.19. The average molecular weight is 540 g/mol. The Morgan fingerprint density at radius 2 is 0.429 bits per heavy atom. The van der Waals surface area contributed by atoms with E-state index in [1.54, 1.807) is 0 Å². The van der Waals surface area contributed by atoms with Crippen LogP contribution in [0.2, 0.25) is 0 Å². The average Bonchev–Trinajstić information content (AvgIpc) is 0.592. The summed E-state index contributed by atoms with van der Waals surface area (Å²) in [5.74, 6) is 0. The van der Waals surface area contributed by atoms with Gasteiger partial charge >= 0.3 is 93.4 Å². The molecule has 0 bridgehead atoms. The molecule has 0 radical (unpaired) electrons. The maximum absolute atomic E-state index is 5.29. The van der Waals surface area contributed by atoms with E-state index in [1.807, 2.05) is 0 Å². The molecule has 0 fully saturated rings. The van der Waals surface area contributed by atoms with Gasteiger partial charge in [0.1, 0.15) is 0 Å². The van der Waals surface area contributed by atoms with Gasteiger partial charge in [-0.1, -0.05) is 0 Å². The molecular weight excluding hydrogens is 527 g/mol. The van der Waals surface area contributed by atoms with Crippen molar-refractivity contribution in [1.29, 1.82) is 0 Å². The minimum atomic E-state index is -5.29. The third-order valence-electron chi connectivity index (χ3n) is 0. The molecule has 0 aromatic heterocycles. The molecule has 0 aliphatic carbocycles. The van der Waals surface area contributed by atoms with Gasteiger partial charge in [0.2, 0.25) is 0 Å². The van der Waals surface area contributed by atoms with E-state index in [1.165, 1.54) is 0 Å². The molecule has 0 saturated carbocycles. The standard InChI is InChI=1S/6ClH.Na.6H2O.Pt.H/h6*1H;;6*1H2;;/q;;;;;;;;;;;;;+6;/p-6.